The molecule has 0 aliphatic heterocycles. The third-order valence-corrected chi connectivity index (χ3v) is 2.38. The molecule has 0 saturated carbocycles. The second-order valence-corrected chi connectivity index (χ2v) is 3.87. The highest BCUT2D eigenvalue weighted by atomic mass is 19.4. The van der Waals surface area contributed by atoms with Crippen LogP contribution in [-0.4, -0.2) is 5.16 Å². The molecule has 6 heteroatoms. The molecule has 0 aliphatic carbocycles. The molecule has 0 amide bonds. The van der Waals surface area contributed by atoms with Gasteiger partial charge in [0.1, 0.15) is 5.76 Å². The molecule has 18 heavy (non-hydrogen) atoms. The summed E-state index contributed by atoms with van der Waals surface area (Å²) < 4.78 is 41.9. The number of nitrogens with one attached hydrogen (secondary N) is 1. The summed E-state index contributed by atoms with van der Waals surface area (Å²) in [6.07, 6.45) is -4.30. The second kappa shape index (κ2) is 4.72. The molecule has 0 atom stereocenters. The number of rotatable bonds is 3. The SMILES string of the molecule is Cc1cc(NCc2ccc(C(F)(F)F)cc2)no1. The Morgan fingerprint density at radius 3 is 2.39 bits per heavy atom. The van der Waals surface area contributed by atoms with Gasteiger partial charge in [0.05, 0.1) is 5.56 Å². The quantitative estimate of drug-likeness (QED) is 0.911. The van der Waals surface area contributed by atoms with E-state index in [-0.39, 0.29) is 0 Å². The smallest absolute Gasteiger partial charge is 0.363 e. The van der Waals surface area contributed by atoms with Crippen molar-refractivity contribution < 1.29 is 17.7 Å². The molecule has 1 aromatic heterocycles. The van der Waals surface area contributed by atoms with E-state index in [1.54, 1.807) is 13.0 Å². The summed E-state index contributed by atoms with van der Waals surface area (Å²) in [6, 6.07) is 6.70. The fourth-order valence-electron chi connectivity index (χ4n) is 1.45. The molecular weight excluding hydrogens is 245 g/mol. The third-order valence-electron chi connectivity index (χ3n) is 2.38. The normalized spacial score (nSPS) is 11.6. The van der Waals surface area contributed by atoms with Crippen LogP contribution < -0.4 is 5.32 Å². The molecule has 0 spiro atoms. The number of aromatic nitrogens is 1. The predicted octanol–water partition coefficient (Wildman–Crippen LogP) is 3.61. The number of alkyl halides is 3. The van der Waals surface area contributed by atoms with Gasteiger partial charge in [0.25, 0.3) is 0 Å². The maximum Gasteiger partial charge on any atom is 0.416 e. The largest absolute Gasteiger partial charge is 0.416 e. The van der Waals surface area contributed by atoms with Crippen LogP contribution in [-0.2, 0) is 12.7 Å². The number of halogens is 3. The molecule has 0 bridgehead atoms. The Morgan fingerprint density at radius 1 is 1.22 bits per heavy atom. The highest BCUT2D eigenvalue weighted by molar-refractivity contribution is 5.35. The summed E-state index contributed by atoms with van der Waals surface area (Å²) in [5, 5.41) is 6.68. The van der Waals surface area contributed by atoms with E-state index in [9.17, 15) is 13.2 Å². The Kier molecular flexibility index (Phi) is 3.27. The molecule has 2 aromatic rings. The topological polar surface area (TPSA) is 38.1 Å². The lowest BCUT2D eigenvalue weighted by Gasteiger charge is -2.07. The first-order valence-corrected chi connectivity index (χ1v) is 5.28. The molecule has 1 aromatic carbocycles. The highest BCUT2D eigenvalue weighted by Gasteiger charge is 2.29. The molecule has 0 aliphatic rings. The van der Waals surface area contributed by atoms with Gasteiger partial charge in [-0.25, -0.2) is 0 Å². The molecule has 2 rings (SSSR count). The van der Waals surface area contributed by atoms with Crippen LogP contribution >= 0.6 is 0 Å². The van der Waals surface area contributed by atoms with E-state index in [1.807, 2.05) is 0 Å². The lowest BCUT2D eigenvalue weighted by atomic mass is 10.1. The van der Waals surface area contributed by atoms with Gasteiger partial charge in [-0.05, 0) is 24.6 Å². The number of hydrogen-bond donors (Lipinski definition) is 1. The van der Waals surface area contributed by atoms with E-state index >= 15 is 0 Å². The lowest BCUT2D eigenvalue weighted by molar-refractivity contribution is -0.137. The zero-order valence-corrected chi connectivity index (χ0v) is 9.58. The minimum Gasteiger partial charge on any atom is -0.363 e. The molecule has 0 unspecified atom stereocenters. The monoisotopic (exact) mass is 256 g/mol. The Labute approximate surface area is 102 Å². The average Bonchev–Trinajstić information content (AvgIpc) is 2.72. The fourth-order valence-corrected chi connectivity index (χ4v) is 1.45. The summed E-state index contributed by atoms with van der Waals surface area (Å²) in [6.45, 7) is 2.15. The van der Waals surface area contributed by atoms with Gasteiger partial charge >= 0.3 is 6.18 Å². The summed E-state index contributed by atoms with van der Waals surface area (Å²) in [4.78, 5) is 0. The van der Waals surface area contributed by atoms with Crippen molar-refractivity contribution in [1.29, 1.82) is 0 Å². The van der Waals surface area contributed by atoms with Crippen LogP contribution in [0.3, 0.4) is 0 Å². The van der Waals surface area contributed by atoms with Crippen molar-refractivity contribution in [3.05, 3.63) is 47.2 Å². The van der Waals surface area contributed by atoms with Gasteiger partial charge in [-0.15, -0.1) is 0 Å². The van der Waals surface area contributed by atoms with Crippen LogP contribution in [0, 0.1) is 6.92 Å². The van der Waals surface area contributed by atoms with Gasteiger partial charge in [-0.2, -0.15) is 13.2 Å². The zero-order chi connectivity index (χ0) is 13.2. The molecule has 1 N–H and O–H groups in total. The zero-order valence-electron chi connectivity index (χ0n) is 9.58. The Bertz CT molecular complexity index is 517. The molecule has 0 radical (unpaired) electrons. The maximum absolute atomic E-state index is 12.3. The molecule has 0 fully saturated rings. The van der Waals surface area contributed by atoms with Crippen LogP contribution in [0.15, 0.2) is 34.9 Å². The summed E-state index contributed by atoms with van der Waals surface area (Å²) in [7, 11) is 0. The van der Waals surface area contributed by atoms with Gasteiger partial charge < -0.3 is 9.84 Å². The maximum atomic E-state index is 12.3. The first-order valence-electron chi connectivity index (χ1n) is 5.28. The standard InChI is InChI=1S/C12H11F3N2O/c1-8-6-11(17-18-8)16-7-9-2-4-10(5-3-9)12(13,14)15/h2-6H,7H2,1H3,(H,16,17). The van der Waals surface area contributed by atoms with E-state index in [4.69, 9.17) is 4.52 Å². The first-order chi connectivity index (χ1) is 8.45. The van der Waals surface area contributed by atoms with Crippen molar-refractivity contribution in [2.24, 2.45) is 0 Å². The van der Waals surface area contributed by atoms with Crippen molar-refractivity contribution in [3.63, 3.8) is 0 Å². The first kappa shape index (κ1) is 12.5. The third kappa shape index (κ3) is 3.03. The second-order valence-electron chi connectivity index (χ2n) is 3.87. The van der Waals surface area contributed by atoms with Crippen LogP contribution in [0.1, 0.15) is 16.9 Å². The van der Waals surface area contributed by atoms with Crippen LogP contribution in [0.25, 0.3) is 0 Å². The highest BCUT2D eigenvalue weighted by Crippen LogP contribution is 2.29. The summed E-state index contributed by atoms with van der Waals surface area (Å²) in [5.74, 6) is 1.23. The van der Waals surface area contributed by atoms with E-state index in [0.29, 0.717) is 18.1 Å². The fraction of sp³-hybridized carbons (Fsp3) is 0.250. The molecule has 96 valence electrons. The minimum absolute atomic E-state index is 0.393. The van der Waals surface area contributed by atoms with Gasteiger partial charge in [0, 0.05) is 12.6 Å². The van der Waals surface area contributed by atoms with E-state index in [0.717, 1.165) is 17.7 Å². The molecular formula is C12H11F3N2O. The molecule has 3 nitrogen and oxygen atoms in total. The average molecular weight is 256 g/mol. The molecule has 1 heterocycles. The van der Waals surface area contributed by atoms with Crippen LogP contribution in [0.2, 0.25) is 0 Å². The lowest BCUT2D eigenvalue weighted by Crippen LogP contribution is -2.05. The van der Waals surface area contributed by atoms with Crippen LogP contribution in [0.4, 0.5) is 19.0 Å². The van der Waals surface area contributed by atoms with Gasteiger partial charge in [0.2, 0.25) is 0 Å². The van der Waals surface area contributed by atoms with Crippen molar-refractivity contribution >= 4 is 5.82 Å². The van der Waals surface area contributed by atoms with E-state index < -0.39 is 11.7 Å². The Hall–Kier alpha value is -1.98. The number of nitrogens with zero attached hydrogens (tertiary/aromatic N) is 1. The van der Waals surface area contributed by atoms with Crippen molar-refractivity contribution in [3.8, 4) is 0 Å². The van der Waals surface area contributed by atoms with Gasteiger partial charge in [0.15, 0.2) is 5.82 Å². The Morgan fingerprint density at radius 2 is 1.89 bits per heavy atom. The predicted molar refractivity (Wildman–Crippen MR) is 60.0 cm³/mol. The summed E-state index contributed by atoms with van der Waals surface area (Å²) in [5.41, 5.74) is 0.0900. The number of anilines is 1. The van der Waals surface area contributed by atoms with E-state index in [2.05, 4.69) is 10.5 Å². The number of aryl methyl sites for hydroxylation is 1. The van der Waals surface area contributed by atoms with Crippen molar-refractivity contribution in [2.45, 2.75) is 19.6 Å². The number of benzene rings is 1. The Balaban J connectivity index is 1.98. The number of hydrogen-bond acceptors (Lipinski definition) is 3. The molecule has 0 saturated heterocycles. The van der Waals surface area contributed by atoms with Crippen LogP contribution in [0.5, 0.6) is 0 Å². The summed E-state index contributed by atoms with van der Waals surface area (Å²) >= 11 is 0. The van der Waals surface area contributed by atoms with E-state index in [1.165, 1.54) is 12.1 Å². The van der Waals surface area contributed by atoms with Crippen molar-refractivity contribution in [2.75, 3.05) is 5.32 Å². The van der Waals surface area contributed by atoms with Crippen molar-refractivity contribution in [1.82, 2.24) is 5.16 Å². The van der Waals surface area contributed by atoms with Gasteiger partial charge in [-0.3, -0.25) is 0 Å². The van der Waals surface area contributed by atoms with Gasteiger partial charge in [-0.1, -0.05) is 17.3 Å². The minimum atomic E-state index is -4.30.